The Balaban J connectivity index is 1.68. The Morgan fingerprint density at radius 3 is 2.58 bits per heavy atom. The molecule has 6 nitrogen and oxygen atoms in total. The molecule has 0 radical (unpaired) electrons. The number of nitrogens with one attached hydrogen (secondary N) is 2. The topological polar surface area (TPSA) is 72.8 Å². The van der Waals surface area contributed by atoms with Gasteiger partial charge >= 0.3 is 0 Å². The summed E-state index contributed by atoms with van der Waals surface area (Å²) in [6.45, 7) is 1.83. The van der Waals surface area contributed by atoms with Crippen LogP contribution in [0, 0.1) is 5.82 Å². The van der Waals surface area contributed by atoms with E-state index in [1.54, 1.807) is 24.3 Å². The number of aromatic nitrogens is 1. The molecule has 0 atom stereocenters. The van der Waals surface area contributed by atoms with Crippen molar-refractivity contribution in [3.63, 3.8) is 0 Å². The second kappa shape index (κ2) is 7.25. The quantitative estimate of drug-likeness (QED) is 0.880. The number of H-pyrrole nitrogens is 1. The van der Waals surface area contributed by atoms with Crippen molar-refractivity contribution in [2.45, 2.75) is 11.4 Å². The Hall–Kier alpha value is -2.03. The van der Waals surface area contributed by atoms with Crippen molar-refractivity contribution in [3.8, 4) is 0 Å². The first-order valence-corrected chi connectivity index (χ1v) is 9.08. The van der Waals surface area contributed by atoms with Crippen molar-refractivity contribution in [2.75, 3.05) is 31.6 Å². The molecule has 0 amide bonds. The van der Waals surface area contributed by atoms with Gasteiger partial charge in [0.1, 0.15) is 23.5 Å². The molecule has 3 rings (SSSR count). The van der Waals surface area contributed by atoms with E-state index in [0.717, 1.165) is 0 Å². The smallest absolute Gasteiger partial charge is 0.272 e. The molecule has 1 aromatic heterocycles. The average Bonchev–Trinajstić information content (AvgIpc) is 2.62. The van der Waals surface area contributed by atoms with Crippen LogP contribution in [0.25, 0.3) is 0 Å². The molecule has 1 aliphatic heterocycles. The lowest BCUT2D eigenvalue weighted by atomic mass is 10.2. The number of sulfonamides is 1. The molecule has 128 valence electrons. The monoisotopic (exact) mass is 352 g/mol. The summed E-state index contributed by atoms with van der Waals surface area (Å²) >= 11 is 0. The van der Waals surface area contributed by atoms with Gasteiger partial charge in [0, 0.05) is 24.7 Å². The van der Waals surface area contributed by atoms with E-state index in [4.69, 9.17) is 4.74 Å². The standard InChI is InChI=1S/C16H18FN3O3S/c17-15-4-2-1-3-13(15)11-18-16-6-5-14(12-19-16)24(21,22)20-7-9-23-10-8-20/h1-6,12H,7-11H2,(H,18,19)/p+1. The maximum Gasteiger partial charge on any atom is 0.272 e. The van der Waals surface area contributed by atoms with Gasteiger partial charge < -0.3 is 4.74 Å². The van der Waals surface area contributed by atoms with Crippen LogP contribution in [0.5, 0.6) is 0 Å². The Bertz CT molecular complexity index is 790. The van der Waals surface area contributed by atoms with Gasteiger partial charge in [-0.1, -0.05) is 18.2 Å². The maximum absolute atomic E-state index is 13.6. The molecule has 0 aliphatic carbocycles. The normalized spacial score (nSPS) is 16.0. The Morgan fingerprint density at radius 2 is 1.92 bits per heavy atom. The molecule has 1 fully saturated rings. The van der Waals surface area contributed by atoms with Crippen LogP contribution >= 0.6 is 0 Å². The van der Waals surface area contributed by atoms with Gasteiger partial charge in [0.25, 0.3) is 5.82 Å². The summed E-state index contributed by atoms with van der Waals surface area (Å²) in [6.07, 6.45) is 1.44. The molecule has 0 unspecified atom stereocenters. The molecule has 0 bridgehead atoms. The number of hydrogen-bond acceptors (Lipinski definition) is 4. The minimum Gasteiger partial charge on any atom is -0.379 e. The molecule has 2 N–H and O–H groups in total. The van der Waals surface area contributed by atoms with Crippen molar-refractivity contribution in [2.24, 2.45) is 0 Å². The Morgan fingerprint density at radius 1 is 1.17 bits per heavy atom. The summed E-state index contributed by atoms with van der Waals surface area (Å²) in [6, 6.07) is 9.66. The molecule has 24 heavy (non-hydrogen) atoms. The SMILES string of the molecule is O=S(=O)(c1ccc(NCc2ccccc2F)[nH+]c1)N1CCOCC1. The molecule has 1 aliphatic rings. The number of ether oxygens (including phenoxy) is 1. The summed E-state index contributed by atoms with van der Waals surface area (Å²) in [5.41, 5.74) is 0.538. The lowest BCUT2D eigenvalue weighted by molar-refractivity contribution is -0.364. The number of aromatic amines is 1. The highest BCUT2D eigenvalue weighted by Crippen LogP contribution is 2.16. The van der Waals surface area contributed by atoms with Crippen LogP contribution in [0.15, 0.2) is 47.5 Å². The first kappa shape index (κ1) is 16.8. The molecule has 2 aromatic rings. The van der Waals surface area contributed by atoms with E-state index in [1.807, 2.05) is 0 Å². The fourth-order valence-electron chi connectivity index (χ4n) is 2.45. The third kappa shape index (κ3) is 3.72. The first-order chi connectivity index (χ1) is 11.6. The lowest BCUT2D eigenvalue weighted by Crippen LogP contribution is -2.40. The van der Waals surface area contributed by atoms with Crippen molar-refractivity contribution in [1.29, 1.82) is 0 Å². The Labute approximate surface area is 140 Å². The molecular formula is C16H19FN3O3S+. The van der Waals surface area contributed by atoms with E-state index in [-0.39, 0.29) is 10.7 Å². The molecule has 1 saturated heterocycles. The molecule has 1 aromatic carbocycles. The molecular weight excluding hydrogens is 333 g/mol. The van der Waals surface area contributed by atoms with Crippen LogP contribution in [0.2, 0.25) is 0 Å². The van der Waals surface area contributed by atoms with E-state index in [9.17, 15) is 12.8 Å². The number of pyridine rings is 1. The summed E-state index contributed by atoms with van der Waals surface area (Å²) < 4.78 is 45.2. The zero-order valence-electron chi connectivity index (χ0n) is 13.0. The van der Waals surface area contributed by atoms with Crippen LogP contribution in [0.4, 0.5) is 10.2 Å². The maximum atomic E-state index is 13.6. The molecule has 0 spiro atoms. The van der Waals surface area contributed by atoms with Gasteiger partial charge in [-0.2, -0.15) is 4.31 Å². The zero-order valence-corrected chi connectivity index (χ0v) is 13.9. The second-order valence-electron chi connectivity index (χ2n) is 5.40. The van der Waals surface area contributed by atoms with Crippen molar-refractivity contribution in [3.05, 3.63) is 54.0 Å². The molecule has 8 heteroatoms. The highest BCUT2D eigenvalue weighted by Gasteiger charge is 2.27. The fourth-order valence-corrected chi connectivity index (χ4v) is 3.83. The molecule has 2 heterocycles. The minimum absolute atomic E-state index is 0.195. The van der Waals surface area contributed by atoms with Gasteiger partial charge in [-0.15, -0.1) is 0 Å². The first-order valence-electron chi connectivity index (χ1n) is 7.64. The number of anilines is 1. The largest absolute Gasteiger partial charge is 0.379 e. The third-order valence-corrected chi connectivity index (χ3v) is 5.71. The van der Waals surface area contributed by atoms with E-state index in [0.29, 0.717) is 44.2 Å². The summed E-state index contributed by atoms with van der Waals surface area (Å²) in [5.74, 6) is 0.329. The Kier molecular flexibility index (Phi) is 5.08. The van der Waals surface area contributed by atoms with Gasteiger partial charge in [-0.3, -0.25) is 5.32 Å². The summed E-state index contributed by atoms with van der Waals surface area (Å²) in [4.78, 5) is 3.10. The van der Waals surface area contributed by atoms with Crippen LogP contribution in [0.3, 0.4) is 0 Å². The van der Waals surface area contributed by atoms with Gasteiger partial charge in [0.05, 0.1) is 13.2 Å². The van der Waals surface area contributed by atoms with E-state index >= 15 is 0 Å². The predicted molar refractivity (Wildman–Crippen MR) is 86.3 cm³/mol. The summed E-state index contributed by atoms with van der Waals surface area (Å²) in [5, 5.41) is 3.04. The van der Waals surface area contributed by atoms with Crippen LogP contribution < -0.4 is 10.3 Å². The average molecular weight is 352 g/mol. The van der Waals surface area contributed by atoms with E-state index in [1.165, 1.54) is 22.6 Å². The van der Waals surface area contributed by atoms with Gasteiger partial charge in [-0.05, 0) is 12.1 Å². The van der Waals surface area contributed by atoms with Gasteiger partial charge in [0.15, 0.2) is 0 Å². The second-order valence-corrected chi connectivity index (χ2v) is 7.34. The van der Waals surface area contributed by atoms with E-state index < -0.39 is 10.0 Å². The number of halogens is 1. The van der Waals surface area contributed by atoms with Crippen molar-refractivity contribution in [1.82, 2.24) is 4.31 Å². The van der Waals surface area contributed by atoms with Gasteiger partial charge in [0.2, 0.25) is 10.0 Å². The van der Waals surface area contributed by atoms with Crippen LogP contribution in [0.1, 0.15) is 5.56 Å². The number of nitrogens with zero attached hydrogens (tertiary/aromatic N) is 1. The highest BCUT2D eigenvalue weighted by atomic mass is 32.2. The number of rotatable bonds is 5. The number of morpholine rings is 1. The van der Waals surface area contributed by atoms with Crippen LogP contribution in [-0.4, -0.2) is 39.0 Å². The zero-order chi connectivity index (χ0) is 17.0. The minimum atomic E-state index is -3.52. The molecule has 0 saturated carbocycles. The lowest BCUT2D eigenvalue weighted by Gasteiger charge is -2.25. The number of benzene rings is 1. The van der Waals surface area contributed by atoms with Crippen molar-refractivity contribution >= 4 is 15.8 Å². The fraction of sp³-hybridized carbons (Fsp3) is 0.312. The predicted octanol–water partition coefficient (Wildman–Crippen LogP) is 1.27. The van der Waals surface area contributed by atoms with Crippen molar-refractivity contribution < 1.29 is 22.5 Å². The van der Waals surface area contributed by atoms with Crippen LogP contribution in [-0.2, 0) is 21.3 Å². The number of hydrogen-bond donors (Lipinski definition) is 1. The highest BCUT2D eigenvalue weighted by molar-refractivity contribution is 7.89. The third-order valence-electron chi connectivity index (χ3n) is 3.82. The van der Waals surface area contributed by atoms with Gasteiger partial charge in [-0.25, -0.2) is 17.8 Å². The van der Waals surface area contributed by atoms with E-state index in [2.05, 4.69) is 10.3 Å². The summed E-state index contributed by atoms with van der Waals surface area (Å²) in [7, 11) is -3.52.